The average Bonchev–Trinajstić information content (AvgIpc) is 3.82. The highest BCUT2D eigenvalue weighted by Gasteiger charge is 2.25. The van der Waals surface area contributed by atoms with Crippen LogP contribution in [0.4, 0.5) is 5.69 Å². The average molecular weight is 741 g/mol. The number of hydrogen-bond acceptors (Lipinski definition) is 2. The minimum atomic E-state index is -0.278. The number of para-hydroxylation sites is 3. The fourth-order valence-electron chi connectivity index (χ4n) is 9.34. The minimum Gasteiger partial charge on any atom is -0.359 e. The molecule has 58 heavy (non-hydrogen) atoms. The summed E-state index contributed by atoms with van der Waals surface area (Å²) in [6.45, 7) is 0. The molecule has 12 rings (SSSR count). The highest BCUT2D eigenvalue weighted by atomic mass is 15.1. The lowest BCUT2D eigenvalue weighted by atomic mass is 9.94. The maximum absolute atomic E-state index is 5.44. The summed E-state index contributed by atoms with van der Waals surface area (Å²) in [6, 6.07) is 74.4. The molecule has 0 fully saturated rings. The fourth-order valence-corrected chi connectivity index (χ4v) is 9.34. The van der Waals surface area contributed by atoms with E-state index in [1.54, 1.807) is 0 Å². The summed E-state index contributed by atoms with van der Waals surface area (Å²) in [7, 11) is 0. The zero-order valence-corrected chi connectivity index (χ0v) is 31.5. The van der Waals surface area contributed by atoms with Crippen molar-refractivity contribution in [3.8, 4) is 22.5 Å². The van der Waals surface area contributed by atoms with Crippen LogP contribution in [0.15, 0.2) is 211 Å². The summed E-state index contributed by atoms with van der Waals surface area (Å²) in [5, 5.41) is 11.2. The Morgan fingerprint density at radius 2 is 1.03 bits per heavy atom. The van der Waals surface area contributed by atoms with E-state index in [0.29, 0.717) is 0 Å². The highest BCUT2D eigenvalue weighted by molar-refractivity contribution is 6.21. The van der Waals surface area contributed by atoms with Gasteiger partial charge in [0.1, 0.15) is 6.17 Å². The molecule has 0 amide bonds. The van der Waals surface area contributed by atoms with Gasteiger partial charge in [-0.2, -0.15) is 0 Å². The van der Waals surface area contributed by atoms with Crippen molar-refractivity contribution in [2.24, 2.45) is 4.99 Å². The Morgan fingerprint density at radius 1 is 0.397 bits per heavy atom. The van der Waals surface area contributed by atoms with E-state index in [1.807, 2.05) is 0 Å². The van der Waals surface area contributed by atoms with Crippen molar-refractivity contribution < 1.29 is 0 Å². The Morgan fingerprint density at radius 3 is 1.88 bits per heavy atom. The maximum Gasteiger partial charge on any atom is 0.145 e. The molecule has 4 nitrogen and oxygen atoms in total. The molecule has 11 aromatic rings. The molecule has 0 spiro atoms. The zero-order valence-electron chi connectivity index (χ0n) is 31.5. The van der Waals surface area contributed by atoms with E-state index in [-0.39, 0.29) is 6.17 Å². The largest absolute Gasteiger partial charge is 0.359 e. The summed E-state index contributed by atoms with van der Waals surface area (Å²) in [4.78, 5) is 5.44. The lowest BCUT2D eigenvalue weighted by Gasteiger charge is -2.28. The molecule has 0 aliphatic carbocycles. The van der Waals surface area contributed by atoms with E-state index in [9.17, 15) is 0 Å². The van der Waals surface area contributed by atoms with E-state index in [2.05, 4.69) is 221 Å². The smallest absolute Gasteiger partial charge is 0.145 e. The fraction of sp³-hybridized carbons (Fsp3) is 0.0185. The van der Waals surface area contributed by atoms with Gasteiger partial charge < -0.3 is 14.5 Å². The molecular weight excluding hydrogens is 705 g/mol. The van der Waals surface area contributed by atoms with Crippen molar-refractivity contribution in [3.63, 3.8) is 0 Å². The molecule has 272 valence electrons. The van der Waals surface area contributed by atoms with Gasteiger partial charge in [-0.3, -0.25) is 4.99 Å². The van der Waals surface area contributed by atoms with Crippen molar-refractivity contribution in [1.29, 1.82) is 0 Å². The van der Waals surface area contributed by atoms with Crippen molar-refractivity contribution in [2.75, 3.05) is 5.32 Å². The Balaban J connectivity index is 1.03. The van der Waals surface area contributed by atoms with Crippen LogP contribution in [0.5, 0.6) is 0 Å². The van der Waals surface area contributed by atoms with Crippen LogP contribution in [0.2, 0.25) is 0 Å². The summed E-state index contributed by atoms with van der Waals surface area (Å²) < 4.78 is 4.82. The Kier molecular flexibility index (Phi) is 7.26. The van der Waals surface area contributed by atoms with Gasteiger partial charge >= 0.3 is 0 Å². The van der Waals surface area contributed by atoms with Gasteiger partial charge in [0.05, 0.1) is 33.5 Å². The molecule has 1 N–H and O–H groups in total. The maximum atomic E-state index is 5.44. The van der Waals surface area contributed by atoms with Gasteiger partial charge in [-0.15, -0.1) is 0 Å². The van der Waals surface area contributed by atoms with Gasteiger partial charge in [0.15, 0.2) is 0 Å². The molecule has 2 aromatic heterocycles. The van der Waals surface area contributed by atoms with Crippen LogP contribution in [0.1, 0.15) is 22.9 Å². The second-order valence-electron chi connectivity index (χ2n) is 15.2. The number of aliphatic imine (C=N–C) groups is 1. The third-order valence-corrected chi connectivity index (χ3v) is 11.9. The molecule has 1 aliphatic heterocycles. The van der Waals surface area contributed by atoms with Crippen LogP contribution in [0.3, 0.4) is 0 Å². The third kappa shape index (κ3) is 4.98. The van der Waals surface area contributed by atoms with Gasteiger partial charge in [-0.1, -0.05) is 158 Å². The topological polar surface area (TPSA) is 34.2 Å². The van der Waals surface area contributed by atoms with Crippen LogP contribution in [0.25, 0.3) is 76.9 Å². The lowest BCUT2D eigenvalue weighted by molar-refractivity contribution is 0.828. The van der Waals surface area contributed by atoms with Gasteiger partial charge in [-0.05, 0) is 70.6 Å². The second kappa shape index (κ2) is 12.9. The van der Waals surface area contributed by atoms with Crippen molar-refractivity contribution >= 4 is 65.8 Å². The molecule has 4 heteroatoms. The molecule has 1 aliphatic rings. The summed E-state index contributed by atoms with van der Waals surface area (Å²) in [5.41, 5.74) is 14.9. The van der Waals surface area contributed by atoms with Gasteiger partial charge in [-0.25, -0.2) is 0 Å². The third-order valence-electron chi connectivity index (χ3n) is 11.9. The van der Waals surface area contributed by atoms with Crippen molar-refractivity contribution in [2.45, 2.75) is 6.17 Å². The number of anilines is 1. The number of nitrogens with zero attached hydrogens (tertiary/aromatic N) is 3. The van der Waals surface area contributed by atoms with Crippen LogP contribution in [0, 0.1) is 0 Å². The van der Waals surface area contributed by atoms with Crippen molar-refractivity contribution in [3.05, 3.63) is 223 Å². The van der Waals surface area contributed by atoms with Crippen LogP contribution < -0.4 is 5.32 Å². The van der Waals surface area contributed by atoms with E-state index < -0.39 is 0 Å². The minimum absolute atomic E-state index is 0.278. The predicted molar refractivity (Wildman–Crippen MR) is 243 cm³/mol. The number of rotatable bonds is 5. The second-order valence-corrected chi connectivity index (χ2v) is 15.2. The van der Waals surface area contributed by atoms with Gasteiger partial charge in [0, 0.05) is 49.4 Å². The van der Waals surface area contributed by atoms with E-state index in [0.717, 1.165) is 39.5 Å². The number of benzene rings is 9. The molecule has 3 heterocycles. The molecule has 9 aromatic carbocycles. The van der Waals surface area contributed by atoms with E-state index in [4.69, 9.17) is 4.99 Å². The SMILES string of the molecule is c1ccc(C2=NC(c3cccc(-n4c5ccccc5c5c(-c6ccc7c8ccccc8n(-c8ccccc8)c7c6)cccc54)c3)Nc3c2ccc2ccccc32)cc1. The van der Waals surface area contributed by atoms with Gasteiger partial charge in [0.25, 0.3) is 0 Å². The number of aromatic nitrogens is 2. The predicted octanol–water partition coefficient (Wildman–Crippen LogP) is 13.7. The molecule has 0 bridgehead atoms. The Labute approximate surface area is 335 Å². The Hall–Kier alpha value is -7.69. The first-order valence-corrected chi connectivity index (χ1v) is 19.9. The van der Waals surface area contributed by atoms with E-state index >= 15 is 0 Å². The first-order valence-electron chi connectivity index (χ1n) is 19.9. The first kappa shape index (κ1) is 32.5. The number of nitrogens with one attached hydrogen (secondary N) is 1. The van der Waals surface area contributed by atoms with E-state index in [1.165, 1.54) is 65.5 Å². The summed E-state index contributed by atoms with van der Waals surface area (Å²) in [5.74, 6) is 0. The zero-order chi connectivity index (χ0) is 38.2. The normalized spacial score (nSPS) is 13.9. The Bertz CT molecular complexity index is 3430. The molecule has 0 radical (unpaired) electrons. The molecule has 0 saturated carbocycles. The van der Waals surface area contributed by atoms with Crippen LogP contribution >= 0.6 is 0 Å². The van der Waals surface area contributed by atoms with Gasteiger partial charge in [0.2, 0.25) is 0 Å². The molecule has 1 atom stereocenters. The quantitative estimate of drug-likeness (QED) is 0.187. The summed E-state index contributed by atoms with van der Waals surface area (Å²) in [6.07, 6.45) is -0.278. The standard InChI is InChI=1S/C54H36N4/c1-3-16-36(17-4-1)52-46-32-29-35-15-7-8-22-42(35)53(46)56-54(55-52)38-18-13-21-40(33-38)58-48-27-12-10-24-45(48)51-41(25-14-28-49(51)58)37-30-31-44-43-23-9-11-26-47(43)57(50(44)34-37)39-19-5-2-6-20-39/h1-34,54,56H. The summed E-state index contributed by atoms with van der Waals surface area (Å²) >= 11 is 0. The van der Waals surface area contributed by atoms with Crippen LogP contribution in [-0.4, -0.2) is 14.8 Å². The number of fused-ring (bicyclic) bond motifs is 9. The lowest BCUT2D eigenvalue weighted by Crippen LogP contribution is -2.21. The first-order chi connectivity index (χ1) is 28.8. The molecule has 1 unspecified atom stereocenters. The monoisotopic (exact) mass is 740 g/mol. The van der Waals surface area contributed by atoms with Crippen molar-refractivity contribution in [1.82, 2.24) is 9.13 Å². The van der Waals surface area contributed by atoms with Crippen LogP contribution in [-0.2, 0) is 0 Å². The highest BCUT2D eigenvalue weighted by Crippen LogP contribution is 2.42. The number of hydrogen-bond donors (Lipinski definition) is 1. The molecular formula is C54H36N4. The molecule has 0 saturated heterocycles.